The summed E-state index contributed by atoms with van der Waals surface area (Å²) < 4.78 is 5.14. The van der Waals surface area contributed by atoms with Gasteiger partial charge in [-0.2, -0.15) is 0 Å². The number of aromatic amines is 1. The molecule has 0 saturated heterocycles. The molecule has 7 nitrogen and oxygen atoms in total. The van der Waals surface area contributed by atoms with Gasteiger partial charge >= 0.3 is 5.97 Å². The Morgan fingerprint density at radius 2 is 2.12 bits per heavy atom. The highest BCUT2D eigenvalue weighted by molar-refractivity contribution is 5.97. The van der Waals surface area contributed by atoms with E-state index in [1.54, 1.807) is 11.8 Å². The van der Waals surface area contributed by atoms with Crippen molar-refractivity contribution >= 4 is 17.6 Å². The summed E-state index contributed by atoms with van der Waals surface area (Å²) in [6.45, 7) is 4.01. The average Bonchev–Trinajstić information content (AvgIpc) is 3.23. The van der Waals surface area contributed by atoms with E-state index in [4.69, 9.17) is 10.5 Å². The van der Waals surface area contributed by atoms with Gasteiger partial charge in [0.25, 0.3) is 0 Å². The van der Waals surface area contributed by atoms with Gasteiger partial charge in [-0.15, -0.1) is 0 Å². The molecule has 1 amide bonds. The number of ether oxygens (including phenoxy) is 1. The van der Waals surface area contributed by atoms with Crippen molar-refractivity contribution in [3.05, 3.63) is 47.0 Å². The highest BCUT2D eigenvalue weighted by Gasteiger charge is 2.36. The van der Waals surface area contributed by atoms with E-state index in [2.05, 4.69) is 9.97 Å². The van der Waals surface area contributed by atoms with E-state index in [0.29, 0.717) is 36.7 Å². The first kappa shape index (κ1) is 18.1. The van der Waals surface area contributed by atoms with Crippen molar-refractivity contribution in [3.63, 3.8) is 0 Å². The van der Waals surface area contributed by atoms with Gasteiger partial charge in [-0.05, 0) is 25.0 Å². The molecule has 0 saturated carbocycles. The van der Waals surface area contributed by atoms with Gasteiger partial charge in [-0.1, -0.05) is 31.5 Å². The summed E-state index contributed by atoms with van der Waals surface area (Å²) in [7, 11) is 0. The van der Waals surface area contributed by atoms with E-state index in [9.17, 15) is 9.59 Å². The number of esters is 1. The highest BCUT2D eigenvalue weighted by atomic mass is 16.5. The second-order valence-electron chi connectivity index (χ2n) is 6.23. The van der Waals surface area contributed by atoms with Crippen LogP contribution in [-0.2, 0) is 22.4 Å². The molecule has 26 heavy (non-hydrogen) atoms. The van der Waals surface area contributed by atoms with E-state index in [1.165, 1.54) is 0 Å². The maximum absolute atomic E-state index is 12.5. The molecule has 0 bridgehead atoms. The lowest BCUT2D eigenvalue weighted by molar-refractivity contribution is -0.117. The number of imidazole rings is 1. The average molecular weight is 356 g/mol. The van der Waals surface area contributed by atoms with Crippen molar-refractivity contribution in [2.24, 2.45) is 5.73 Å². The number of aryl methyl sites for hydroxylation is 1. The number of fused-ring (bicyclic) bond motifs is 1. The van der Waals surface area contributed by atoms with Crippen molar-refractivity contribution in [3.8, 4) is 0 Å². The molecule has 1 aromatic heterocycles. The van der Waals surface area contributed by atoms with Crippen LogP contribution in [0, 0.1) is 0 Å². The number of nitrogens with two attached hydrogens (primary N) is 1. The van der Waals surface area contributed by atoms with Crippen molar-refractivity contribution in [1.82, 2.24) is 9.97 Å². The largest absolute Gasteiger partial charge is 0.461 e. The minimum Gasteiger partial charge on any atom is -0.461 e. The highest BCUT2D eigenvalue weighted by Crippen LogP contribution is 2.39. The predicted octanol–water partition coefficient (Wildman–Crippen LogP) is 2.13. The van der Waals surface area contributed by atoms with Crippen LogP contribution >= 0.6 is 0 Å². The Balaban J connectivity index is 2.01. The minimum atomic E-state index is -0.415. The van der Waals surface area contributed by atoms with Gasteiger partial charge in [0.05, 0.1) is 24.9 Å². The second-order valence-corrected chi connectivity index (χ2v) is 6.23. The summed E-state index contributed by atoms with van der Waals surface area (Å²) in [5.74, 6) is 0.00231. The van der Waals surface area contributed by atoms with Crippen LogP contribution in [0.1, 0.15) is 53.9 Å². The lowest BCUT2D eigenvalue weighted by Gasteiger charge is -2.23. The standard InChI is InChI=1S/C19H24N4O3/c1-3-7-13-17(19(25)26-4-2)22-18(21-13)15-10-12-8-5-6-9-14(12)23(15)16(24)11-20/h5-6,8-9,15H,3-4,7,10-11,20H2,1-2H3,(H,21,22). The lowest BCUT2D eigenvalue weighted by atomic mass is 10.1. The number of amides is 1. The fraction of sp³-hybridized carbons (Fsp3) is 0.421. The normalized spacial score (nSPS) is 15.8. The molecule has 7 heteroatoms. The number of carbonyl (C=O) groups is 2. The number of anilines is 1. The zero-order chi connectivity index (χ0) is 18.7. The Labute approximate surface area is 152 Å². The maximum Gasteiger partial charge on any atom is 0.356 e. The van der Waals surface area contributed by atoms with Crippen LogP contribution in [-0.4, -0.2) is 35.0 Å². The van der Waals surface area contributed by atoms with Gasteiger partial charge in [0.15, 0.2) is 0 Å². The fourth-order valence-corrected chi connectivity index (χ4v) is 3.39. The number of carbonyl (C=O) groups excluding carboxylic acids is 2. The first-order chi connectivity index (χ1) is 12.6. The van der Waals surface area contributed by atoms with Gasteiger partial charge in [0, 0.05) is 12.1 Å². The lowest BCUT2D eigenvalue weighted by Crippen LogP contribution is -2.37. The SMILES string of the molecule is CCCc1nc(C2Cc3ccccc3N2C(=O)CN)[nH]c1C(=O)OCC. The molecule has 0 radical (unpaired) electrons. The minimum absolute atomic E-state index is 0.0852. The number of H-pyrrole nitrogens is 1. The third-order valence-corrected chi connectivity index (χ3v) is 4.50. The quantitative estimate of drug-likeness (QED) is 0.772. The van der Waals surface area contributed by atoms with Gasteiger partial charge in [0.2, 0.25) is 5.91 Å². The molecule has 1 atom stereocenters. The van der Waals surface area contributed by atoms with Gasteiger partial charge in [-0.3, -0.25) is 4.79 Å². The molecule has 3 N–H and O–H groups in total. The van der Waals surface area contributed by atoms with Gasteiger partial charge in [0.1, 0.15) is 11.5 Å². The Bertz CT molecular complexity index is 815. The number of para-hydroxylation sites is 1. The third-order valence-electron chi connectivity index (χ3n) is 4.50. The number of aromatic nitrogens is 2. The molecule has 2 heterocycles. The Hall–Kier alpha value is -2.67. The molecular weight excluding hydrogens is 332 g/mol. The molecule has 1 unspecified atom stereocenters. The maximum atomic E-state index is 12.5. The molecule has 0 spiro atoms. The summed E-state index contributed by atoms with van der Waals surface area (Å²) in [4.78, 5) is 34.2. The molecule has 1 aliphatic heterocycles. The molecule has 1 aromatic carbocycles. The zero-order valence-corrected chi connectivity index (χ0v) is 15.1. The number of hydrogen-bond acceptors (Lipinski definition) is 5. The van der Waals surface area contributed by atoms with Crippen molar-refractivity contribution < 1.29 is 14.3 Å². The first-order valence-electron chi connectivity index (χ1n) is 8.96. The molecule has 1 aliphatic rings. The van der Waals surface area contributed by atoms with E-state index in [-0.39, 0.29) is 18.5 Å². The summed E-state index contributed by atoms with van der Waals surface area (Å²) in [5, 5.41) is 0. The molecule has 3 rings (SSSR count). The van der Waals surface area contributed by atoms with Crippen LogP contribution in [0.2, 0.25) is 0 Å². The first-order valence-corrected chi connectivity index (χ1v) is 8.96. The van der Waals surface area contributed by atoms with Crippen LogP contribution in [0.3, 0.4) is 0 Å². The van der Waals surface area contributed by atoms with Crippen LogP contribution in [0.15, 0.2) is 24.3 Å². The number of benzene rings is 1. The monoisotopic (exact) mass is 356 g/mol. The van der Waals surface area contributed by atoms with Crippen LogP contribution in [0.25, 0.3) is 0 Å². The topological polar surface area (TPSA) is 101 Å². The Kier molecular flexibility index (Phi) is 5.37. The zero-order valence-electron chi connectivity index (χ0n) is 15.1. The third kappa shape index (κ3) is 3.22. The number of hydrogen-bond donors (Lipinski definition) is 2. The van der Waals surface area contributed by atoms with E-state index < -0.39 is 5.97 Å². The Morgan fingerprint density at radius 3 is 2.81 bits per heavy atom. The molecular formula is C19H24N4O3. The van der Waals surface area contributed by atoms with E-state index in [0.717, 1.165) is 17.7 Å². The smallest absolute Gasteiger partial charge is 0.356 e. The summed E-state index contributed by atoms with van der Waals surface area (Å²) >= 11 is 0. The van der Waals surface area contributed by atoms with Crippen LogP contribution in [0.4, 0.5) is 5.69 Å². The van der Waals surface area contributed by atoms with E-state index in [1.807, 2.05) is 31.2 Å². The van der Waals surface area contributed by atoms with Crippen molar-refractivity contribution in [2.75, 3.05) is 18.1 Å². The number of nitrogens with zero attached hydrogens (tertiary/aromatic N) is 2. The van der Waals surface area contributed by atoms with Gasteiger partial charge < -0.3 is 20.4 Å². The predicted molar refractivity (Wildman–Crippen MR) is 98.0 cm³/mol. The van der Waals surface area contributed by atoms with Crippen molar-refractivity contribution in [1.29, 1.82) is 0 Å². The van der Waals surface area contributed by atoms with Crippen LogP contribution < -0.4 is 10.6 Å². The number of rotatable bonds is 6. The fourth-order valence-electron chi connectivity index (χ4n) is 3.39. The second kappa shape index (κ2) is 7.70. The van der Waals surface area contributed by atoms with Crippen LogP contribution in [0.5, 0.6) is 0 Å². The Morgan fingerprint density at radius 1 is 1.35 bits per heavy atom. The summed E-state index contributed by atoms with van der Waals surface area (Å²) in [5.41, 5.74) is 8.58. The molecule has 0 fully saturated rings. The van der Waals surface area contributed by atoms with Gasteiger partial charge in [-0.25, -0.2) is 9.78 Å². The summed E-state index contributed by atoms with van der Waals surface area (Å²) in [6, 6.07) is 7.44. The molecule has 138 valence electrons. The van der Waals surface area contributed by atoms with E-state index >= 15 is 0 Å². The summed E-state index contributed by atoms with van der Waals surface area (Å²) in [6.07, 6.45) is 2.14. The number of nitrogens with one attached hydrogen (secondary N) is 1. The molecule has 2 aromatic rings. The molecule has 0 aliphatic carbocycles. The van der Waals surface area contributed by atoms with Crippen molar-refractivity contribution in [2.45, 2.75) is 39.2 Å².